The van der Waals surface area contributed by atoms with E-state index in [-0.39, 0.29) is 5.54 Å². The molecule has 0 spiro atoms. The van der Waals surface area contributed by atoms with Gasteiger partial charge in [-0.1, -0.05) is 6.07 Å². The van der Waals surface area contributed by atoms with Gasteiger partial charge in [0.05, 0.1) is 12.6 Å². The molecule has 90 valence electrons. The summed E-state index contributed by atoms with van der Waals surface area (Å²) >= 11 is 1.65. The number of hydrogen-bond donors (Lipinski definition) is 0. The van der Waals surface area contributed by atoms with Gasteiger partial charge in [0.15, 0.2) is 0 Å². The Morgan fingerprint density at radius 3 is 2.71 bits per heavy atom. The third kappa shape index (κ3) is 2.11. The monoisotopic (exact) mass is 249 g/mol. The summed E-state index contributed by atoms with van der Waals surface area (Å²) in [6.07, 6.45) is 6.67. The highest BCUT2D eigenvalue weighted by molar-refractivity contribution is 7.98. The number of aliphatic imine (C=N–C) groups is 1. The average Bonchev–Trinajstić information content (AvgIpc) is 2.33. The molecular weight excluding hydrogens is 234 g/mol. The average molecular weight is 249 g/mol. The molecule has 0 saturated heterocycles. The van der Waals surface area contributed by atoms with Gasteiger partial charge in [-0.3, -0.25) is 0 Å². The van der Waals surface area contributed by atoms with Crippen LogP contribution in [-0.4, -0.2) is 19.4 Å². The number of carbonyl (C=O) groups excluding carboxylic acids is 1. The maximum Gasteiger partial charge on any atom is 0.235 e. The van der Waals surface area contributed by atoms with Crippen molar-refractivity contribution in [3.05, 3.63) is 23.8 Å². The number of ether oxygens (including phenoxy) is 1. The molecule has 0 atom stereocenters. The lowest BCUT2D eigenvalue weighted by atomic mass is 9.72. The Morgan fingerprint density at radius 1 is 1.47 bits per heavy atom. The zero-order valence-corrected chi connectivity index (χ0v) is 10.8. The Labute approximate surface area is 105 Å². The molecule has 0 heterocycles. The van der Waals surface area contributed by atoms with Crippen LogP contribution in [0, 0.1) is 0 Å². The van der Waals surface area contributed by atoms with Crippen LogP contribution in [0.1, 0.15) is 24.8 Å². The van der Waals surface area contributed by atoms with Gasteiger partial charge >= 0.3 is 0 Å². The van der Waals surface area contributed by atoms with Crippen LogP contribution < -0.4 is 4.74 Å². The number of thioether (sulfide) groups is 1. The molecule has 0 aromatic heterocycles. The molecule has 1 fully saturated rings. The summed E-state index contributed by atoms with van der Waals surface area (Å²) in [6.45, 7) is 0. The van der Waals surface area contributed by atoms with Crippen LogP contribution in [-0.2, 0) is 10.3 Å². The molecule has 0 unspecified atom stereocenters. The quantitative estimate of drug-likeness (QED) is 0.467. The summed E-state index contributed by atoms with van der Waals surface area (Å²) in [4.78, 5) is 15.6. The van der Waals surface area contributed by atoms with Crippen LogP contribution in [0.2, 0.25) is 0 Å². The Bertz CT molecular complexity index is 462. The van der Waals surface area contributed by atoms with E-state index < -0.39 is 0 Å². The first-order valence-electron chi connectivity index (χ1n) is 5.57. The molecule has 1 saturated carbocycles. The molecule has 1 aromatic rings. The SMILES string of the molecule is COc1cc(C2(N=C=O)CCC2)ccc1SC. The minimum Gasteiger partial charge on any atom is -0.496 e. The van der Waals surface area contributed by atoms with Crippen LogP contribution in [0.25, 0.3) is 0 Å². The molecule has 0 bridgehead atoms. The summed E-state index contributed by atoms with van der Waals surface area (Å²) < 4.78 is 5.36. The van der Waals surface area contributed by atoms with Crippen molar-refractivity contribution in [2.45, 2.75) is 29.7 Å². The van der Waals surface area contributed by atoms with Crippen LogP contribution in [0.4, 0.5) is 0 Å². The lowest BCUT2D eigenvalue weighted by molar-refractivity contribution is 0.254. The number of nitrogens with zero attached hydrogens (tertiary/aromatic N) is 1. The van der Waals surface area contributed by atoms with Crippen molar-refractivity contribution in [1.82, 2.24) is 0 Å². The Balaban J connectivity index is 2.42. The first-order valence-corrected chi connectivity index (χ1v) is 6.80. The minimum absolute atomic E-state index is 0.341. The van der Waals surface area contributed by atoms with Gasteiger partial charge in [-0.15, -0.1) is 11.8 Å². The Hall–Kier alpha value is -1.25. The van der Waals surface area contributed by atoms with E-state index in [4.69, 9.17) is 4.74 Å². The highest BCUT2D eigenvalue weighted by Gasteiger charge is 2.39. The van der Waals surface area contributed by atoms with Gasteiger partial charge in [0.1, 0.15) is 5.75 Å². The van der Waals surface area contributed by atoms with Crippen LogP contribution in [0.15, 0.2) is 28.1 Å². The molecule has 1 aromatic carbocycles. The molecule has 1 aliphatic rings. The molecule has 1 aliphatic carbocycles. The minimum atomic E-state index is -0.341. The van der Waals surface area contributed by atoms with Crippen molar-refractivity contribution in [2.24, 2.45) is 4.99 Å². The van der Waals surface area contributed by atoms with E-state index in [1.165, 1.54) is 0 Å². The predicted molar refractivity (Wildman–Crippen MR) is 68.4 cm³/mol. The standard InChI is InChI=1S/C13H15NO2S/c1-16-11-8-10(4-5-12(11)17-2)13(14-9-15)6-3-7-13/h4-5,8H,3,6-7H2,1-2H3. The Morgan fingerprint density at radius 2 is 2.24 bits per heavy atom. The third-order valence-corrected chi connectivity index (χ3v) is 4.14. The van der Waals surface area contributed by atoms with Crippen molar-refractivity contribution in [2.75, 3.05) is 13.4 Å². The van der Waals surface area contributed by atoms with E-state index in [9.17, 15) is 4.79 Å². The number of hydrogen-bond acceptors (Lipinski definition) is 4. The van der Waals surface area contributed by atoms with Gasteiger partial charge in [-0.05, 0) is 43.2 Å². The second-order valence-corrected chi connectivity index (χ2v) is 5.01. The van der Waals surface area contributed by atoms with Gasteiger partial charge in [0.25, 0.3) is 0 Å². The van der Waals surface area contributed by atoms with E-state index in [2.05, 4.69) is 4.99 Å². The lowest BCUT2D eigenvalue weighted by Gasteiger charge is -2.37. The van der Waals surface area contributed by atoms with Crippen LogP contribution in [0.5, 0.6) is 5.75 Å². The van der Waals surface area contributed by atoms with Crippen molar-refractivity contribution in [3.8, 4) is 5.75 Å². The van der Waals surface area contributed by atoms with Crippen molar-refractivity contribution >= 4 is 17.8 Å². The van der Waals surface area contributed by atoms with E-state index in [1.807, 2.05) is 24.5 Å². The zero-order chi connectivity index (χ0) is 12.3. The number of isocyanates is 1. The fourth-order valence-electron chi connectivity index (χ4n) is 2.19. The molecule has 0 radical (unpaired) electrons. The zero-order valence-electron chi connectivity index (χ0n) is 10.0. The van der Waals surface area contributed by atoms with Gasteiger partial charge in [-0.2, -0.15) is 4.99 Å². The van der Waals surface area contributed by atoms with E-state index in [1.54, 1.807) is 25.0 Å². The second-order valence-electron chi connectivity index (χ2n) is 4.16. The third-order valence-electron chi connectivity index (χ3n) is 3.36. The number of rotatable bonds is 4. The van der Waals surface area contributed by atoms with Crippen molar-refractivity contribution in [1.29, 1.82) is 0 Å². The molecule has 4 heteroatoms. The van der Waals surface area contributed by atoms with Crippen molar-refractivity contribution in [3.63, 3.8) is 0 Å². The molecule has 0 N–H and O–H groups in total. The maximum absolute atomic E-state index is 10.5. The van der Waals surface area contributed by atoms with Gasteiger partial charge < -0.3 is 4.74 Å². The summed E-state index contributed by atoms with van der Waals surface area (Å²) in [5.41, 5.74) is 0.716. The van der Waals surface area contributed by atoms with Gasteiger partial charge in [-0.25, -0.2) is 4.79 Å². The topological polar surface area (TPSA) is 38.7 Å². The largest absolute Gasteiger partial charge is 0.496 e. The number of methoxy groups -OCH3 is 1. The molecule has 2 rings (SSSR count). The molecule has 0 aliphatic heterocycles. The second kappa shape index (κ2) is 4.94. The lowest BCUT2D eigenvalue weighted by Crippen LogP contribution is -2.31. The Kier molecular flexibility index (Phi) is 3.55. The highest BCUT2D eigenvalue weighted by atomic mass is 32.2. The summed E-state index contributed by atoms with van der Waals surface area (Å²) in [6, 6.07) is 6.05. The molecule has 0 amide bonds. The van der Waals surface area contributed by atoms with E-state index in [0.717, 1.165) is 35.5 Å². The fraction of sp³-hybridized carbons (Fsp3) is 0.462. The summed E-state index contributed by atoms with van der Waals surface area (Å²) in [7, 11) is 1.66. The van der Waals surface area contributed by atoms with Crippen LogP contribution in [0.3, 0.4) is 0 Å². The van der Waals surface area contributed by atoms with E-state index in [0.29, 0.717) is 0 Å². The molecule has 3 nitrogen and oxygen atoms in total. The first-order chi connectivity index (χ1) is 8.25. The normalized spacial score (nSPS) is 16.8. The maximum atomic E-state index is 10.5. The smallest absolute Gasteiger partial charge is 0.235 e. The fourth-order valence-corrected chi connectivity index (χ4v) is 2.74. The van der Waals surface area contributed by atoms with E-state index >= 15 is 0 Å². The van der Waals surface area contributed by atoms with Crippen LogP contribution >= 0.6 is 11.8 Å². The predicted octanol–water partition coefficient (Wildman–Crippen LogP) is 3.13. The molecule has 17 heavy (non-hydrogen) atoms. The first kappa shape index (κ1) is 12.2. The highest BCUT2D eigenvalue weighted by Crippen LogP contribution is 2.46. The van der Waals surface area contributed by atoms with Crippen molar-refractivity contribution < 1.29 is 9.53 Å². The summed E-state index contributed by atoms with van der Waals surface area (Å²) in [5, 5.41) is 0. The van der Waals surface area contributed by atoms with Gasteiger partial charge in [0.2, 0.25) is 6.08 Å². The number of benzene rings is 1. The molecular formula is C13H15NO2S. The summed E-state index contributed by atoms with van der Waals surface area (Å²) in [5.74, 6) is 0.849. The van der Waals surface area contributed by atoms with Gasteiger partial charge in [0, 0.05) is 4.90 Å².